The van der Waals surface area contributed by atoms with Crippen LogP contribution in [0.1, 0.15) is 4.88 Å². The Morgan fingerprint density at radius 3 is 2.62 bits per heavy atom. The molecule has 0 spiro atoms. The Morgan fingerprint density at radius 1 is 1.10 bits per heavy atom. The van der Waals surface area contributed by atoms with Gasteiger partial charge in [0.05, 0.1) is 10.9 Å². The number of thiophene rings is 1. The van der Waals surface area contributed by atoms with E-state index in [-0.39, 0.29) is 0 Å². The zero-order valence-corrected chi connectivity index (χ0v) is 12.7. The average molecular weight is 317 g/mol. The lowest BCUT2D eigenvalue weighted by atomic mass is 10.2. The zero-order chi connectivity index (χ0) is 14.7. The fraction of sp³-hybridized carbons (Fsp3) is 0.0667. The normalized spacial score (nSPS) is 10.5. The molecule has 0 fully saturated rings. The minimum atomic E-state index is 0.440. The summed E-state index contributed by atoms with van der Waals surface area (Å²) in [6.07, 6.45) is 0. The molecule has 106 valence electrons. The molecular weight excluding hydrogens is 304 g/mol. The van der Waals surface area contributed by atoms with Gasteiger partial charge in [0.2, 0.25) is 0 Å². The highest BCUT2D eigenvalue weighted by Gasteiger charge is 2.05. The Hall–Kier alpha value is -2.11. The molecule has 0 unspecified atom stereocenters. The fourth-order valence-corrected chi connectivity index (χ4v) is 2.92. The van der Waals surface area contributed by atoms with E-state index in [1.54, 1.807) is 17.4 Å². The molecule has 0 radical (unpaired) electrons. The van der Waals surface area contributed by atoms with Crippen LogP contribution in [0.3, 0.4) is 0 Å². The van der Waals surface area contributed by atoms with Crippen LogP contribution in [-0.2, 0) is 6.54 Å². The third-order valence-electron chi connectivity index (χ3n) is 2.85. The van der Waals surface area contributed by atoms with Crippen LogP contribution in [0.25, 0.3) is 11.4 Å². The lowest BCUT2D eigenvalue weighted by molar-refractivity contribution is 1.11. The topological polar surface area (TPSA) is 63.8 Å². The lowest BCUT2D eigenvalue weighted by Crippen LogP contribution is -2.04. The Labute approximate surface area is 131 Å². The van der Waals surface area contributed by atoms with E-state index in [0.717, 1.165) is 14.8 Å². The first-order chi connectivity index (χ1) is 10.2. The molecule has 4 nitrogen and oxygen atoms in total. The van der Waals surface area contributed by atoms with Crippen molar-refractivity contribution in [2.75, 3.05) is 11.1 Å². The second-order valence-corrected chi connectivity index (χ2v) is 6.23. The number of benzene rings is 1. The van der Waals surface area contributed by atoms with Gasteiger partial charge in [0, 0.05) is 16.5 Å². The summed E-state index contributed by atoms with van der Waals surface area (Å²) in [6, 6.07) is 15.4. The molecule has 0 atom stereocenters. The lowest BCUT2D eigenvalue weighted by Gasteiger charge is -2.07. The van der Waals surface area contributed by atoms with Crippen LogP contribution in [0.5, 0.6) is 0 Å². The van der Waals surface area contributed by atoms with Crippen molar-refractivity contribution in [2.24, 2.45) is 0 Å². The molecule has 3 aromatic rings. The molecule has 0 saturated heterocycles. The number of nitrogens with two attached hydrogens (primary N) is 1. The van der Waals surface area contributed by atoms with Gasteiger partial charge in [-0.05, 0) is 12.1 Å². The van der Waals surface area contributed by atoms with Gasteiger partial charge in [-0.1, -0.05) is 41.9 Å². The Balaban J connectivity index is 1.81. The van der Waals surface area contributed by atoms with Gasteiger partial charge >= 0.3 is 0 Å². The summed E-state index contributed by atoms with van der Waals surface area (Å²) in [4.78, 5) is 9.90. The number of anilines is 2. The highest BCUT2D eigenvalue weighted by Crippen LogP contribution is 2.23. The third-order valence-corrected chi connectivity index (χ3v) is 4.08. The van der Waals surface area contributed by atoms with Gasteiger partial charge in [-0.15, -0.1) is 11.3 Å². The van der Waals surface area contributed by atoms with Crippen molar-refractivity contribution in [2.45, 2.75) is 6.54 Å². The molecule has 0 aliphatic carbocycles. The number of nitrogens with one attached hydrogen (secondary N) is 1. The van der Waals surface area contributed by atoms with Crippen molar-refractivity contribution in [3.63, 3.8) is 0 Å². The van der Waals surface area contributed by atoms with Gasteiger partial charge < -0.3 is 11.1 Å². The fourth-order valence-electron chi connectivity index (χ4n) is 1.90. The summed E-state index contributed by atoms with van der Waals surface area (Å²) in [5, 5.41) is 3.25. The van der Waals surface area contributed by atoms with Crippen molar-refractivity contribution in [1.29, 1.82) is 0 Å². The summed E-state index contributed by atoms with van der Waals surface area (Å²) in [6.45, 7) is 0.655. The van der Waals surface area contributed by atoms with Crippen molar-refractivity contribution in [3.05, 3.63) is 57.7 Å². The predicted octanol–water partition coefficient (Wildman–Crippen LogP) is 4.05. The summed E-state index contributed by atoms with van der Waals surface area (Å²) >= 11 is 7.46. The summed E-state index contributed by atoms with van der Waals surface area (Å²) in [5.74, 6) is 1.75. The van der Waals surface area contributed by atoms with E-state index in [9.17, 15) is 0 Å². The van der Waals surface area contributed by atoms with Crippen molar-refractivity contribution in [1.82, 2.24) is 9.97 Å². The molecule has 0 aliphatic rings. The van der Waals surface area contributed by atoms with Gasteiger partial charge in [-0.3, -0.25) is 0 Å². The summed E-state index contributed by atoms with van der Waals surface area (Å²) in [7, 11) is 0. The van der Waals surface area contributed by atoms with E-state index in [4.69, 9.17) is 17.3 Å². The van der Waals surface area contributed by atoms with E-state index in [1.807, 2.05) is 42.5 Å². The van der Waals surface area contributed by atoms with Crippen molar-refractivity contribution >= 4 is 34.6 Å². The van der Waals surface area contributed by atoms with Gasteiger partial charge in [0.25, 0.3) is 0 Å². The van der Waals surface area contributed by atoms with Crippen LogP contribution >= 0.6 is 22.9 Å². The smallest absolute Gasteiger partial charge is 0.163 e. The van der Waals surface area contributed by atoms with E-state index in [1.165, 1.54) is 0 Å². The van der Waals surface area contributed by atoms with Gasteiger partial charge in [-0.25, -0.2) is 9.97 Å². The molecule has 0 bridgehead atoms. The second-order valence-electron chi connectivity index (χ2n) is 4.43. The predicted molar refractivity (Wildman–Crippen MR) is 88.5 cm³/mol. The molecule has 2 aromatic heterocycles. The first-order valence-corrected chi connectivity index (χ1v) is 7.58. The monoisotopic (exact) mass is 316 g/mol. The number of nitrogen functional groups attached to an aromatic ring is 1. The van der Waals surface area contributed by atoms with Gasteiger partial charge in [0.15, 0.2) is 5.82 Å². The molecular formula is C15H13ClN4S. The van der Waals surface area contributed by atoms with Crippen molar-refractivity contribution in [3.8, 4) is 11.4 Å². The van der Waals surface area contributed by atoms with E-state index < -0.39 is 0 Å². The molecule has 0 aliphatic heterocycles. The Morgan fingerprint density at radius 2 is 1.90 bits per heavy atom. The van der Waals surface area contributed by atoms with Crippen LogP contribution in [0.2, 0.25) is 4.34 Å². The maximum absolute atomic E-state index is 5.92. The highest BCUT2D eigenvalue weighted by molar-refractivity contribution is 7.16. The second kappa shape index (κ2) is 6.11. The van der Waals surface area contributed by atoms with Crippen LogP contribution in [0.4, 0.5) is 11.6 Å². The summed E-state index contributed by atoms with van der Waals surface area (Å²) < 4.78 is 0.777. The van der Waals surface area contributed by atoms with Crippen molar-refractivity contribution < 1.29 is 0 Å². The Bertz CT molecular complexity index is 742. The van der Waals surface area contributed by atoms with E-state index in [2.05, 4.69) is 15.3 Å². The van der Waals surface area contributed by atoms with Gasteiger partial charge in [-0.2, -0.15) is 0 Å². The third kappa shape index (κ3) is 3.51. The molecule has 3 N–H and O–H groups in total. The van der Waals surface area contributed by atoms with E-state index in [0.29, 0.717) is 24.0 Å². The number of hydrogen-bond donors (Lipinski definition) is 2. The maximum atomic E-state index is 5.92. The number of nitrogens with zero attached hydrogens (tertiary/aromatic N) is 2. The minimum absolute atomic E-state index is 0.440. The SMILES string of the molecule is Nc1cc(NCc2ccc(Cl)s2)nc(-c2ccccc2)n1. The number of halogens is 1. The molecule has 6 heteroatoms. The molecule has 1 aromatic carbocycles. The molecule has 0 amide bonds. The average Bonchev–Trinajstić information content (AvgIpc) is 2.91. The highest BCUT2D eigenvalue weighted by atomic mass is 35.5. The zero-order valence-electron chi connectivity index (χ0n) is 11.1. The molecule has 2 heterocycles. The molecule has 21 heavy (non-hydrogen) atoms. The summed E-state index contributed by atoms with van der Waals surface area (Å²) in [5.41, 5.74) is 6.80. The number of hydrogen-bond acceptors (Lipinski definition) is 5. The van der Waals surface area contributed by atoms with Crippen LogP contribution in [0.15, 0.2) is 48.5 Å². The number of rotatable bonds is 4. The van der Waals surface area contributed by atoms with Crippen LogP contribution in [0, 0.1) is 0 Å². The minimum Gasteiger partial charge on any atom is -0.384 e. The molecule has 3 rings (SSSR count). The maximum Gasteiger partial charge on any atom is 0.163 e. The Kier molecular flexibility index (Phi) is 4.03. The first-order valence-electron chi connectivity index (χ1n) is 6.39. The van der Waals surface area contributed by atoms with Gasteiger partial charge in [0.1, 0.15) is 11.6 Å². The van der Waals surface area contributed by atoms with Crippen LogP contribution < -0.4 is 11.1 Å². The van der Waals surface area contributed by atoms with Crippen LogP contribution in [-0.4, -0.2) is 9.97 Å². The standard InChI is InChI=1S/C15H13ClN4S/c16-12-7-6-11(21-12)9-18-14-8-13(17)19-15(20-14)10-4-2-1-3-5-10/h1-8H,9H2,(H3,17,18,19,20). The van der Waals surface area contributed by atoms with E-state index >= 15 is 0 Å². The quantitative estimate of drug-likeness (QED) is 0.762. The number of aromatic nitrogens is 2. The first kappa shape index (κ1) is 13.9. The largest absolute Gasteiger partial charge is 0.384 e. The molecule has 0 saturated carbocycles.